The molecule has 1 amide bonds. The van der Waals surface area contributed by atoms with Crippen LogP contribution in [0.3, 0.4) is 0 Å². The molecule has 0 saturated carbocycles. The van der Waals surface area contributed by atoms with Crippen LogP contribution in [0, 0.1) is 5.82 Å². The third kappa shape index (κ3) is 4.31. The van der Waals surface area contributed by atoms with E-state index in [9.17, 15) is 9.18 Å². The quantitative estimate of drug-likeness (QED) is 0.260. The molecular formula is C28H22FN7O. The SMILES string of the molecule is CCCC(=O)Nc1cncc(-c2ccc3[nH]nc(-c4nc5c(-c6ccc(F)cc6)cccc5[nH]4)c3n2)c1. The van der Waals surface area contributed by atoms with Crippen LogP contribution >= 0.6 is 0 Å². The molecule has 0 aliphatic rings. The number of pyridine rings is 2. The topological polar surface area (TPSA) is 112 Å². The van der Waals surface area contributed by atoms with E-state index in [2.05, 4.69) is 25.5 Å². The van der Waals surface area contributed by atoms with Gasteiger partial charge in [-0.05, 0) is 48.4 Å². The van der Waals surface area contributed by atoms with Crippen LogP contribution in [0.4, 0.5) is 10.1 Å². The molecule has 0 aliphatic heterocycles. The average Bonchev–Trinajstić information content (AvgIpc) is 3.53. The molecule has 0 spiro atoms. The fraction of sp³-hybridized carbons (Fsp3) is 0.107. The lowest BCUT2D eigenvalue weighted by Crippen LogP contribution is -2.10. The summed E-state index contributed by atoms with van der Waals surface area (Å²) in [5, 5.41) is 10.4. The van der Waals surface area contributed by atoms with Crippen molar-refractivity contribution >= 4 is 33.7 Å². The average molecular weight is 492 g/mol. The Morgan fingerprint density at radius 1 is 0.946 bits per heavy atom. The molecule has 4 heterocycles. The van der Waals surface area contributed by atoms with Gasteiger partial charge in [-0.15, -0.1) is 0 Å². The lowest BCUT2D eigenvalue weighted by atomic mass is 10.0. The van der Waals surface area contributed by atoms with E-state index in [1.54, 1.807) is 24.5 Å². The van der Waals surface area contributed by atoms with Crippen molar-refractivity contribution < 1.29 is 9.18 Å². The van der Waals surface area contributed by atoms with Gasteiger partial charge in [-0.1, -0.05) is 31.2 Å². The molecule has 2 aromatic carbocycles. The second-order valence-corrected chi connectivity index (χ2v) is 8.72. The number of carbonyl (C=O) groups is 1. The number of aromatic amines is 2. The Morgan fingerprint density at radius 2 is 1.81 bits per heavy atom. The van der Waals surface area contributed by atoms with Gasteiger partial charge >= 0.3 is 0 Å². The Bertz CT molecular complexity index is 1750. The molecule has 0 atom stereocenters. The summed E-state index contributed by atoms with van der Waals surface area (Å²) in [6.45, 7) is 1.96. The summed E-state index contributed by atoms with van der Waals surface area (Å²) in [6.07, 6.45) is 4.55. The van der Waals surface area contributed by atoms with Gasteiger partial charge in [-0.3, -0.25) is 14.9 Å². The highest BCUT2D eigenvalue weighted by atomic mass is 19.1. The van der Waals surface area contributed by atoms with Gasteiger partial charge in [0.15, 0.2) is 11.5 Å². The van der Waals surface area contributed by atoms with Crippen molar-refractivity contribution in [3.8, 4) is 33.9 Å². The van der Waals surface area contributed by atoms with Crippen molar-refractivity contribution in [2.75, 3.05) is 5.32 Å². The first kappa shape index (κ1) is 22.5. The Hall–Kier alpha value is -4.92. The molecule has 6 rings (SSSR count). The molecule has 0 bridgehead atoms. The number of benzene rings is 2. The number of H-pyrrole nitrogens is 2. The fourth-order valence-corrected chi connectivity index (χ4v) is 4.33. The first-order valence-electron chi connectivity index (χ1n) is 11.9. The van der Waals surface area contributed by atoms with E-state index in [-0.39, 0.29) is 11.7 Å². The number of para-hydroxylation sites is 1. The van der Waals surface area contributed by atoms with E-state index in [0.717, 1.165) is 39.7 Å². The van der Waals surface area contributed by atoms with Gasteiger partial charge < -0.3 is 10.3 Å². The van der Waals surface area contributed by atoms with E-state index in [4.69, 9.17) is 9.97 Å². The number of anilines is 1. The fourth-order valence-electron chi connectivity index (χ4n) is 4.33. The smallest absolute Gasteiger partial charge is 0.224 e. The number of rotatable bonds is 6. The monoisotopic (exact) mass is 491 g/mol. The van der Waals surface area contributed by atoms with Crippen molar-refractivity contribution in [2.45, 2.75) is 19.8 Å². The predicted octanol–water partition coefficient (Wildman–Crippen LogP) is 6.11. The molecule has 0 unspecified atom stereocenters. The van der Waals surface area contributed by atoms with Crippen molar-refractivity contribution in [3.63, 3.8) is 0 Å². The van der Waals surface area contributed by atoms with Crippen molar-refractivity contribution in [1.29, 1.82) is 0 Å². The maximum absolute atomic E-state index is 13.5. The van der Waals surface area contributed by atoms with E-state index < -0.39 is 0 Å². The highest BCUT2D eigenvalue weighted by Gasteiger charge is 2.17. The molecule has 37 heavy (non-hydrogen) atoms. The van der Waals surface area contributed by atoms with Gasteiger partial charge in [0.25, 0.3) is 0 Å². The minimum atomic E-state index is -0.285. The van der Waals surface area contributed by atoms with Gasteiger partial charge in [-0.25, -0.2) is 14.4 Å². The second-order valence-electron chi connectivity index (χ2n) is 8.72. The maximum Gasteiger partial charge on any atom is 0.224 e. The minimum absolute atomic E-state index is 0.0492. The van der Waals surface area contributed by atoms with Crippen molar-refractivity contribution in [2.24, 2.45) is 0 Å². The summed E-state index contributed by atoms with van der Waals surface area (Å²) in [5.41, 5.74) is 7.44. The van der Waals surface area contributed by atoms with Gasteiger partial charge in [-0.2, -0.15) is 5.10 Å². The molecule has 0 fully saturated rings. The standard InChI is InChI=1S/C28H22FN7O/c1-2-4-24(37)31-19-13-17(14-30-15-19)21-11-12-23-26(32-21)27(36-35-23)28-33-22-6-3-5-20(25(22)34-28)16-7-9-18(29)10-8-16/h3,5-15H,2,4H2,1H3,(H,31,37)(H,33,34)(H,35,36). The lowest BCUT2D eigenvalue weighted by molar-refractivity contribution is -0.116. The van der Waals surface area contributed by atoms with E-state index in [1.165, 1.54) is 12.1 Å². The number of fused-ring (bicyclic) bond motifs is 2. The van der Waals surface area contributed by atoms with Crippen LogP contribution in [0.2, 0.25) is 0 Å². The summed E-state index contributed by atoms with van der Waals surface area (Å²) in [5.74, 6) is 0.235. The zero-order chi connectivity index (χ0) is 25.4. The Balaban J connectivity index is 1.40. The zero-order valence-corrected chi connectivity index (χ0v) is 19.9. The molecule has 8 nitrogen and oxygen atoms in total. The first-order valence-corrected chi connectivity index (χ1v) is 11.9. The highest BCUT2D eigenvalue weighted by Crippen LogP contribution is 2.32. The summed E-state index contributed by atoms with van der Waals surface area (Å²) < 4.78 is 13.5. The second kappa shape index (κ2) is 9.27. The Morgan fingerprint density at radius 3 is 2.65 bits per heavy atom. The minimum Gasteiger partial charge on any atom is -0.336 e. The van der Waals surface area contributed by atoms with Gasteiger partial charge in [0, 0.05) is 23.7 Å². The normalized spacial score (nSPS) is 11.3. The number of hydrogen-bond acceptors (Lipinski definition) is 5. The third-order valence-electron chi connectivity index (χ3n) is 6.09. The van der Waals surface area contributed by atoms with Crippen LogP contribution in [0.5, 0.6) is 0 Å². The van der Waals surface area contributed by atoms with Gasteiger partial charge in [0.1, 0.15) is 11.3 Å². The highest BCUT2D eigenvalue weighted by molar-refractivity contribution is 5.96. The predicted molar refractivity (Wildman–Crippen MR) is 141 cm³/mol. The molecular weight excluding hydrogens is 469 g/mol. The number of nitrogens with zero attached hydrogens (tertiary/aromatic N) is 4. The van der Waals surface area contributed by atoms with Crippen LogP contribution in [-0.4, -0.2) is 36.0 Å². The van der Waals surface area contributed by atoms with Crippen LogP contribution in [0.15, 0.2) is 73.1 Å². The molecule has 3 N–H and O–H groups in total. The van der Waals surface area contributed by atoms with Crippen LogP contribution in [0.1, 0.15) is 19.8 Å². The number of nitrogens with one attached hydrogen (secondary N) is 3. The number of halogens is 1. The molecule has 0 saturated heterocycles. The number of imidazole rings is 1. The van der Waals surface area contributed by atoms with Crippen LogP contribution in [-0.2, 0) is 4.79 Å². The molecule has 182 valence electrons. The number of hydrogen-bond donors (Lipinski definition) is 3. The molecule has 0 radical (unpaired) electrons. The van der Waals surface area contributed by atoms with Crippen molar-refractivity contribution in [1.82, 2.24) is 30.1 Å². The Kier molecular flexibility index (Phi) is 5.65. The molecule has 6 aromatic rings. The van der Waals surface area contributed by atoms with Crippen LogP contribution in [0.25, 0.3) is 56.0 Å². The summed E-state index contributed by atoms with van der Waals surface area (Å²) in [7, 11) is 0. The number of amides is 1. The summed E-state index contributed by atoms with van der Waals surface area (Å²) in [6, 6.07) is 17.8. The summed E-state index contributed by atoms with van der Waals surface area (Å²) in [4.78, 5) is 29.3. The third-order valence-corrected chi connectivity index (χ3v) is 6.09. The van der Waals surface area contributed by atoms with E-state index in [0.29, 0.717) is 34.8 Å². The molecule has 9 heteroatoms. The Labute approximate surface area is 211 Å². The van der Waals surface area contributed by atoms with Crippen LogP contribution < -0.4 is 5.32 Å². The first-order chi connectivity index (χ1) is 18.1. The summed E-state index contributed by atoms with van der Waals surface area (Å²) >= 11 is 0. The van der Waals surface area contributed by atoms with Gasteiger partial charge in [0.05, 0.1) is 34.1 Å². The van der Waals surface area contributed by atoms with E-state index >= 15 is 0 Å². The molecule has 4 aromatic heterocycles. The van der Waals surface area contributed by atoms with Gasteiger partial charge in [0.2, 0.25) is 5.91 Å². The molecule has 0 aliphatic carbocycles. The van der Waals surface area contributed by atoms with E-state index in [1.807, 2.05) is 43.3 Å². The zero-order valence-electron chi connectivity index (χ0n) is 19.9. The maximum atomic E-state index is 13.5. The number of aromatic nitrogens is 6. The largest absolute Gasteiger partial charge is 0.336 e. The number of carbonyl (C=O) groups excluding carboxylic acids is 1. The lowest BCUT2D eigenvalue weighted by Gasteiger charge is -2.06. The van der Waals surface area contributed by atoms with Crippen molar-refractivity contribution in [3.05, 3.63) is 78.9 Å².